The van der Waals surface area contributed by atoms with E-state index in [2.05, 4.69) is 20.9 Å². The van der Waals surface area contributed by atoms with Crippen LogP contribution in [0.15, 0.2) is 65.5 Å². The average Bonchev–Trinajstić information content (AvgIpc) is 3.36. The second-order valence-corrected chi connectivity index (χ2v) is 8.15. The van der Waals surface area contributed by atoms with Gasteiger partial charge in [-0.05, 0) is 52.1 Å². The largest absolute Gasteiger partial charge is 0.481 e. The fourth-order valence-corrected chi connectivity index (χ4v) is 3.87. The van der Waals surface area contributed by atoms with Crippen molar-refractivity contribution < 1.29 is 19.5 Å². The fourth-order valence-electron chi connectivity index (χ4n) is 3.21. The summed E-state index contributed by atoms with van der Waals surface area (Å²) in [6.07, 6.45) is 2.28. The molecule has 1 atom stereocenters. The second kappa shape index (κ2) is 12.4. The quantitative estimate of drug-likeness (QED) is 0.304. The van der Waals surface area contributed by atoms with Gasteiger partial charge in [0.2, 0.25) is 11.8 Å². The van der Waals surface area contributed by atoms with Crippen molar-refractivity contribution >= 4 is 34.9 Å². The smallest absolute Gasteiger partial charge is 0.305 e. The van der Waals surface area contributed by atoms with Gasteiger partial charge in [-0.15, -0.1) is 0 Å². The number of amides is 2. The van der Waals surface area contributed by atoms with Crippen LogP contribution in [0.4, 0.5) is 5.82 Å². The van der Waals surface area contributed by atoms with Crippen LogP contribution in [-0.4, -0.2) is 41.0 Å². The number of carboxylic acid groups (broad SMARTS) is 1. The highest BCUT2D eigenvalue weighted by Gasteiger charge is 2.18. The molecule has 3 rings (SSSR count). The standard InChI is InChI=1S/C24H26N4O4S/c29-22(5-3-12-26-21-4-1-2-11-25-21)27-15-23(30)28-20(14-24(31)32)18-8-6-17(7-9-18)19-10-13-33-16-19/h1-2,4,6-11,13,16,20H,3,5,12,14-15H2,(H,25,26)(H,27,29)(H,28,30)(H,31,32). The highest BCUT2D eigenvalue weighted by atomic mass is 32.1. The van der Waals surface area contributed by atoms with Gasteiger partial charge in [-0.2, -0.15) is 11.3 Å². The van der Waals surface area contributed by atoms with Gasteiger partial charge >= 0.3 is 5.97 Å². The molecule has 0 fully saturated rings. The number of benzene rings is 1. The number of nitrogens with zero attached hydrogens (tertiary/aromatic N) is 1. The third-order valence-corrected chi connectivity index (χ3v) is 5.56. The molecular weight excluding hydrogens is 440 g/mol. The number of anilines is 1. The molecule has 8 nitrogen and oxygen atoms in total. The molecule has 33 heavy (non-hydrogen) atoms. The van der Waals surface area contributed by atoms with Crippen LogP contribution < -0.4 is 16.0 Å². The summed E-state index contributed by atoms with van der Waals surface area (Å²) in [6.45, 7) is 0.369. The summed E-state index contributed by atoms with van der Waals surface area (Å²) in [5, 5.41) is 21.7. The number of carbonyl (C=O) groups excluding carboxylic acids is 2. The van der Waals surface area contributed by atoms with Gasteiger partial charge in [0.05, 0.1) is 19.0 Å². The molecule has 4 N–H and O–H groups in total. The number of carboxylic acids is 1. The molecule has 0 aliphatic heterocycles. The molecule has 0 spiro atoms. The number of rotatable bonds is 12. The maximum absolute atomic E-state index is 12.3. The zero-order valence-corrected chi connectivity index (χ0v) is 18.8. The van der Waals surface area contributed by atoms with Crippen molar-refractivity contribution in [1.29, 1.82) is 0 Å². The molecule has 1 unspecified atom stereocenters. The predicted molar refractivity (Wildman–Crippen MR) is 128 cm³/mol. The van der Waals surface area contributed by atoms with Crippen molar-refractivity contribution in [2.45, 2.75) is 25.3 Å². The summed E-state index contributed by atoms with van der Waals surface area (Å²) < 4.78 is 0. The van der Waals surface area contributed by atoms with Crippen LogP contribution in [0.5, 0.6) is 0 Å². The number of hydrogen-bond donors (Lipinski definition) is 4. The minimum Gasteiger partial charge on any atom is -0.481 e. The van der Waals surface area contributed by atoms with Gasteiger partial charge < -0.3 is 21.1 Å². The first-order valence-corrected chi connectivity index (χ1v) is 11.5. The third kappa shape index (κ3) is 8.04. The Labute approximate surface area is 196 Å². The van der Waals surface area contributed by atoms with Crippen LogP contribution in [0.2, 0.25) is 0 Å². The van der Waals surface area contributed by atoms with Gasteiger partial charge in [-0.3, -0.25) is 14.4 Å². The Morgan fingerprint density at radius 1 is 1.00 bits per heavy atom. The van der Waals surface area contributed by atoms with E-state index in [1.165, 1.54) is 0 Å². The summed E-state index contributed by atoms with van der Waals surface area (Å²) in [7, 11) is 0. The Morgan fingerprint density at radius 2 is 1.82 bits per heavy atom. The minimum atomic E-state index is -1.02. The monoisotopic (exact) mass is 466 g/mol. The topological polar surface area (TPSA) is 120 Å². The highest BCUT2D eigenvalue weighted by molar-refractivity contribution is 7.08. The number of nitrogens with one attached hydrogen (secondary N) is 3. The maximum Gasteiger partial charge on any atom is 0.305 e. The Bertz CT molecular complexity index is 1040. The lowest BCUT2D eigenvalue weighted by molar-refractivity contribution is -0.138. The Morgan fingerprint density at radius 3 is 2.48 bits per heavy atom. The van der Waals surface area contributed by atoms with Crippen LogP contribution in [0.1, 0.15) is 30.9 Å². The van der Waals surface area contributed by atoms with Gasteiger partial charge in [0.1, 0.15) is 5.82 Å². The molecular formula is C24H26N4O4S. The molecule has 2 amide bonds. The lowest BCUT2D eigenvalue weighted by Gasteiger charge is -2.18. The van der Waals surface area contributed by atoms with E-state index >= 15 is 0 Å². The second-order valence-electron chi connectivity index (χ2n) is 7.37. The summed E-state index contributed by atoms with van der Waals surface area (Å²) in [6, 6.07) is 14.3. The van der Waals surface area contributed by atoms with Crippen molar-refractivity contribution in [3.8, 4) is 11.1 Å². The van der Waals surface area contributed by atoms with Crippen molar-refractivity contribution in [3.63, 3.8) is 0 Å². The number of carbonyl (C=O) groups is 3. The molecule has 0 bridgehead atoms. The zero-order chi connectivity index (χ0) is 23.5. The number of hydrogen-bond acceptors (Lipinski definition) is 6. The van der Waals surface area contributed by atoms with Gasteiger partial charge in [0.25, 0.3) is 0 Å². The molecule has 0 aliphatic rings. The first-order chi connectivity index (χ1) is 16.0. The fraction of sp³-hybridized carbons (Fsp3) is 0.250. The van der Waals surface area contributed by atoms with E-state index in [1.54, 1.807) is 17.5 Å². The van der Waals surface area contributed by atoms with E-state index in [4.69, 9.17) is 0 Å². The predicted octanol–water partition coefficient (Wildman–Crippen LogP) is 3.45. The molecule has 3 aromatic rings. The molecule has 0 saturated carbocycles. The van der Waals surface area contributed by atoms with Crippen LogP contribution in [0, 0.1) is 0 Å². The molecule has 0 aliphatic carbocycles. The minimum absolute atomic E-state index is 0.213. The summed E-state index contributed by atoms with van der Waals surface area (Å²) in [5.74, 6) is -0.970. The van der Waals surface area contributed by atoms with Crippen molar-refractivity contribution in [2.75, 3.05) is 18.4 Å². The number of thiophene rings is 1. The molecule has 0 saturated heterocycles. The molecule has 0 radical (unpaired) electrons. The van der Waals surface area contributed by atoms with Crippen LogP contribution in [0.25, 0.3) is 11.1 Å². The lowest BCUT2D eigenvalue weighted by Crippen LogP contribution is -2.39. The molecule has 9 heteroatoms. The lowest BCUT2D eigenvalue weighted by atomic mass is 10.00. The first-order valence-electron chi connectivity index (χ1n) is 10.6. The number of aromatic nitrogens is 1. The molecule has 1 aromatic carbocycles. The van der Waals surface area contributed by atoms with Gasteiger partial charge in [0.15, 0.2) is 0 Å². The van der Waals surface area contributed by atoms with Gasteiger partial charge in [-0.25, -0.2) is 4.98 Å². The third-order valence-electron chi connectivity index (χ3n) is 4.88. The van der Waals surface area contributed by atoms with E-state index in [9.17, 15) is 19.5 Å². The van der Waals surface area contributed by atoms with Crippen molar-refractivity contribution in [1.82, 2.24) is 15.6 Å². The van der Waals surface area contributed by atoms with Gasteiger partial charge in [-0.1, -0.05) is 30.3 Å². The van der Waals surface area contributed by atoms with E-state index in [1.807, 2.05) is 59.3 Å². The van der Waals surface area contributed by atoms with Crippen LogP contribution >= 0.6 is 11.3 Å². The highest BCUT2D eigenvalue weighted by Crippen LogP contribution is 2.25. The van der Waals surface area contributed by atoms with Gasteiger partial charge in [0, 0.05) is 19.2 Å². The van der Waals surface area contributed by atoms with Crippen molar-refractivity contribution in [2.24, 2.45) is 0 Å². The molecule has 172 valence electrons. The van der Waals surface area contributed by atoms with Crippen LogP contribution in [0.3, 0.4) is 0 Å². The zero-order valence-electron chi connectivity index (χ0n) is 18.0. The maximum atomic E-state index is 12.3. The van der Waals surface area contributed by atoms with Crippen LogP contribution in [-0.2, 0) is 14.4 Å². The average molecular weight is 467 g/mol. The summed E-state index contributed by atoms with van der Waals surface area (Å²) in [5.41, 5.74) is 2.80. The van der Waals surface area contributed by atoms with E-state index in [0.717, 1.165) is 16.9 Å². The Balaban J connectivity index is 1.44. The van der Waals surface area contributed by atoms with E-state index in [-0.39, 0.29) is 25.3 Å². The summed E-state index contributed by atoms with van der Waals surface area (Å²) in [4.78, 5) is 39.8. The number of pyridine rings is 1. The molecule has 2 aromatic heterocycles. The number of aliphatic carboxylic acids is 1. The first kappa shape index (κ1) is 23.9. The van der Waals surface area contributed by atoms with E-state index in [0.29, 0.717) is 18.5 Å². The normalized spacial score (nSPS) is 11.4. The van der Waals surface area contributed by atoms with Crippen molar-refractivity contribution in [3.05, 3.63) is 71.1 Å². The Kier molecular flexibility index (Phi) is 8.96. The SMILES string of the molecule is O=C(O)CC(NC(=O)CNC(=O)CCCNc1ccccn1)c1ccc(-c2ccsc2)cc1. The van der Waals surface area contributed by atoms with E-state index < -0.39 is 17.9 Å². The Hall–Kier alpha value is -3.72. The molecule has 2 heterocycles. The summed E-state index contributed by atoms with van der Waals surface area (Å²) >= 11 is 1.60.